The van der Waals surface area contributed by atoms with Crippen molar-refractivity contribution in [2.45, 2.75) is 46.1 Å². The van der Waals surface area contributed by atoms with Gasteiger partial charge in [-0.15, -0.1) is 21.5 Å². The summed E-state index contributed by atoms with van der Waals surface area (Å²) in [5, 5.41) is 14.3. The van der Waals surface area contributed by atoms with E-state index in [0.29, 0.717) is 5.92 Å². The quantitative estimate of drug-likeness (QED) is 0.829. The Kier molecular flexibility index (Phi) is 4.29. The summed E-state index contributed by atoms with van der Waals surface area (Å²) in [6.45, 7) is 6.36. The smallest absolute Gasteiger partial charge is 0.131 e. The molecule has 0 saturated heterocycles. The number of nitrogens with one attached hydrogen (secondary N) is 1. The molecule has 3 nitrogen and oxygen atoms in total. The van der Waals surface area contributed by atoms with Crippen LogP contribution in [-0.4, -0.2) is 16.7 Å². The molecule has 1 aliphatic rings. The molecule has 0 atom stereocenters. The zero-order valence-corrected chi connectivity index (χ0v) is 11.0. The zero-order valence-electron chi connectivity index (χ0n) is 10.2. The summed E-state index contributed by atoms with van der Waals surface area (Å²) in [5.41, 5.74) is 0. The molecule has 0 unspecified atom stereocenters. The maximum absolute atomic E-state index is 4.26. The van der Waals surface area contributed by atoms with Crippen LogP contribution in [0, 0.1) is 11.8 Å². The first kappa shape index (κ1) is 12.0. The molecule has 1 fully saturated rings. The predicted octanol–water partition coefficient (Wildman–Crippen LogP) is 2.63. The molecular formula is C12H21N3S. The Hall–Kier alpha value is -0.480. The van der Waals surface area contributed by atoms with Crippen LogP contribution in [0.25, 0.3) is 0 Å². The average Bonchev–Trinajstić information content (AvgIpc) is 2.59. The minimum Gasteiger partial charge on any atom is -0.310 e. The standard InChI is InChI=1S/C12H21N3S/c1-9(2)7-13-8-12-15-14-11(16-12)6-10-4-3-5-10/h9-10,13H,3-8H2,1-2H3. The lowest BCUT2D eigenvalue weighted by Gasteiger charge is -2.23. The molecule has 90 valence electrons. The molecule has 0 bridgehead atoms. The molecule has 0 radical (unpaired) electrons. The van der Waals surface area contributed by atoms with Crippen LogP contribution in [0.1, 0.15) is 43.1 Å². The number of aromatic nitrogens is 2. The van der Waals surface area contributed by atoms with Crippen molar-refractivity contribution in [2.24, 2.45) is 11.8 Å². The van der Waals surface area contributed by atoms with Gasteiger partial charge in [0.05, 0.1) is 0 Å². The fourth-order valence-corrected chi connectivity index (χ4v) is 2.78. The number of rotatable bonds is 6. The third-order valence-corrected chi connectivity index (χ3v) is 3.97. The third-order valence-electron chi connectivity index (χ3n) is 3.03. The van der Waals surface area contributed by atoms with Gasteiger partial charge < -0.3 is 5.32 Å². The molecule has 0 spiro atoms. The summed E-state index contributed by atoms with van der Waals surface area (Å²) in [6.07, 6.45) is 5.34. The molecule has 0 aromatic carbocycles. The van der Waals surface area contributed by atoms with Gasteiger partial charge in [0.15, 0.2) is 0 Å². The topological polar surface area (TPSA) is 37.8 Å². The minimum atomic E-state index is 0.697. The van der Waals surface area contributed by atoms with E-state index in [0.717, 1.165) is 30.4 Å². The monoisotopic (exact) mass is 239 g/mol. The number of nitrogens with zero attached hydrogens (tertiary/aromatic N) is 2. The molecule has 1 aliphatic carbocycles. The fourth-order valence-electron chi connectivity index (χ4n) is 1.85. The third kappa shape index (κ3) is 3.52. The summed E-state index contributed by atoms with van der Waals surface area (Å²) >= 11 is 1.78. The molecule has 1 saturated carbocycles. The Morgan fingerprint density at radius 2 is 2.06 bits per heavy atom. The second-order valence-corrected chi connectivity index (χ2v) is 6.26. The van der Waals surface area contributed by atoms with Gasteiger partial charge in [0, 0.05) is 13.0 Å². The molecule has 1 heterocycles. The highest BCUT2D eigenvalue weighted by Gasteiger charge is 2.19. The van der Waals surface area contributed by atoms with Crippen LogP contribution < -0.4 is 5.32 Å². The van der Waals surface area contributed by atoms with Gasteiger partial charge in [0.2, 0.25) is 0 Å². The van der Waals surface area contributed by atoms with Crippen LogP contribution in [0.2, 0.25) is 0 Å². The SMILES string of the molecule is CC(C)CNCc1nnc(CC2CCC2)s1. The first-order valence-electron chi connectivity index (χ1n) is 6.26. The lowest BCUT2D eigenvalue weighted by Crippen LogP contribution is -2.18. The van der Waals surface area contributed by atoms with Gasteiger partial charge in [-0.05, 0) is 18.4 Å². The highest BCUT2D eigenvalue weighted by atomic mass is 32.1. The van der Waals surface area contributed by atoms with Crippen molar-refractivity contribution < 1.29 is 0 Å². The van der Waals surface area contributed by atoms with Crippen LogP contribution >= 0.6 is 11.3 Å². The molecule has 4 heteroatoms. The van der Waals surface area contributed by atoms with Gasteiger partial charge in [0.25, 0.3) is 0 Å². The minimum absolute atomic E-state index is 0.697. The van der Waals surface area contributed by atoms with E-state index in [1.807, 2.05) is 0 Å². The van der Waals surface area contributed by atoms with Crippen LogP contribution in [0.4, 0.5) is 0 Å². The Balaban J connectivity index is 1.73. The fraction of sp³-hybridized carbons (Fsp3) is 0.833. The van der Waals surface area contributed by atoms with Crippen LogP contribution in [0.3, 0.4) is 0 Å². The van der Waals surface area contributed by atoms with Crippen LogP contribution in [-0.2, 0) is 13.0 Å². The molecule has 2 rings (SSSR count). The number of hydrogen-bond acceptors (Lipinski definition) is 4. The van der Waals surface area contributed by atoms with E-state index in [4.69, 9.17) is 0 Å². The van der Waals surface area contributed by atoms with Crippen molar-refractivity contribution in [3.05, 3.63) is 10.0 Å². The largest absolute Gasteiger partial charge is 0.310 e. The maximum atomic E-state index is 4.26. The van der Waals surface area contributed by atoms with Crippen molar-refractivity contribution in [2.75, 3.05) is 6.54 Å². The molecule has 0 aliphatic heterocycles. The average molecular weight is 239 g/mol. The molecular weight excluding hydrogens is 218 g/mol. The molecule has 16 heavy (non-hydrogen) atoms. The Bertz CT molecular complexity index is 318. The first-order valence-corrected chi connectivity index (χ1v) is 7.07. The van der Waals surface area contributed by atoms with Gasteiger partial charge in [-0.25, -0.2) is 0 Å². The van der Waals surface area contributed by atoms with E-state index in [1.54, 1.807) is 11.3 Å². The lowest BCUT2D eigenvalue weighted by atomic mass is 9.83. The Morgan fingerprint density at radius 3 is 2.69 bits per heavy atom. The van der Waals surface area contributed by atoms with Crippen LogP contribution in [0.15, 0.2) is 0 Å². The van der Waals surface area contributed by atoms with Gasteiger partial charge in [0.1, 0.15) is 10.0 Å². The van der Waals surface area contributed by atoms with Crippen molar-refractivity contribution >= 4 is 11.3 Å². The zero-order chi connectivity index (χ0) is 11.4. The Morgan fingerprint density at radius 1 is 1.31 bits per heavy atom. The Labute approximate surface area is 102 Å². The van der Waals surface area contributed by atoms with E-state index in [-0.39, 0.29) is 0 Å². The highest BCUT2D eigenvalue weighted by Crippen LogP contribution is 2.30. The predicted molar refractivity (Wildman–Crippen MR) is 67.5 cm³/mol. The second kappa shape index (κ2) is 5.73. The summed E-state index contributed by atoms with van der Waals surface area (Å²) in [6, 6.07) is 0. The van der Waals surface area contributed by atoms with Crippen LogP contribution in [0.5, 0.6) is 0 Å². The van der Waals surface area contributed by atoms with E-state index in [2.05, 4.69) is 29.4 Å². The summed E-state index contributed by atoms with van der Waals surface area (Å²) in [4.78, 5) is 0. The van der Waals surface area contributed by atoms with E-state index in [1.165, 1.54) is 24.3 Å². The molecule has 0 amide bonds. The summed E-state index contributed by atoms with van der Waals surface area (Å²) < 4.78 is 0. The first-order chi connectivity index (χ1) is 7.74. The summed E-state index contributed by atoms with van der Waals surface area (Å²) in [7, 11) is 0. The molecule has 1 aromatic rings. The maximum Gasteiger partial charge on any atom is 0.131 e. The normalized spacial score (nSPS) is 16.7. The summed E-state index contributed by atoms with van der Waals surface area (Å²) in [5.74, 6) is 1.59. The van der Waals surface area contributed by atoms with Crippen molar-refractivity contribution in [1.82, 2.24) is 15.5 Å². The van der Waals surface area contributed by atoms with E-state index in [9.17, 15) is 0 Å². The van der Waals surface area contributed by atoms with Crippen molar-refractivity contribution in [3.8, 4) is 0 Å². The van der Waals surface area contributed by atoms with E-state index >= 15 is 0 Å². The number of hydrogen-bond donors (Lipinski definition) is 1. The lowest BCUT2D eigenvalue weighted by molar-refractivity contribution is 0.313. The van der Waals surface area contributed by atoms with Gasteiger partial charge in [-0.1, -0.05) is 33.1 Å². The van der Waals surface area contributed by atoms with Gasteiger partial charge >= 0.3 is 0 Å². The van der Waals surface area contributed by atoms with E-state index < -0.39 is 0 Å². The molecule has 1 N–H and O–H groups in total. The van der Waals surface area contributed by atoms with Gasteiger partial charge in [-0.3, -0.25) is 0 Å². The van der Waals surface area contributed by atoms with Crippen molar-refractivity contribution in [3.63, 3.8) is 0 Å². The van der Waals surface area contributed by atoms with Crippen molar-refractivity contribution in [1.29, 1.82) is 0 Å². The molecule has 1 aromatic heterocycles. The highest BCUT2D eigenvalue weighted by molar-refractivity contribution is 7.11. The second-order valence-electron chi connectivity index (χ2n) is 5.12. The van der Waals surface area contributed by atoms with Gasteiger partial charge in [-0.2, -0.15) is 0 Å².